The summed E-state index contributed by atoms with van der Waals surface area (Å²) in [5.41, 5.74) is 0.514. The molecule has 2 aromatic rings. The third-order valence-corrected chi connectivity index (χ3v) is 2.15. The minimum atomic E-state index is -0.914. The van der Waals surface area contributed by atoms with Crippen molar-refractivity contribution >= 4 is 16.7 Å². The molecule has 0 aliphatic carbocycles. The molecule has 0 spiro atoms. The van der Waals surface area contributed by atoms with E-state index in [2.05, 4.69) is 4.98 Å². The van der Waals surface area contributed by atoms with Crippen LogP contribution in [0.15, 0.2) is 30.5 Å². The number of hydrogen-bond donors (Lipinski definition) is 2. The second-order valence-corrected chi connectivity index (χ2v) is 3.23. The Labute approximate surface area is 85.8 Å². The number of aromatic nitrogens is 1. The number of phenolic OH excluding ortho intramolecular Hbond substituents is 1. The fraction of sp³-hybridized carbons (Fsp3) is 0.0909. The number of rotatable bonds is 2. The van der Waals surface area contributed by atoms with Crippen molar-refractivity contribution < 1.29 is 15.0 Å². The highest BCUT2D eigenvalue weighted by molar-refractivity contribution is 5.88. The molecule has 76 valence electrons. The zero-order valence-electron chi connectivity index (χ0n) is 7.84. The van der Waals surface area contributed by atoms with Gasteiger partial charge >= 0.3 is 5.97 Å². The number of aliphatic carboxylic acids is 1. The van der Waals surface area contributed by atoms with Gasteiger partial charge in [0.05, 0.1) is 12.1 Å². The molecule has 2 rings (SSSR count). The van der Waals surface area contributed by atoms with Gasteiger partial charge in [-0.3, -0.25) is 9.78 Å². The SMILES string of the molecule is O=C(O)Cc1nccc2cc(O)ccc12. The molecule has 15 heavy (non-hydrogen) atoms. The molecule has 1 aromatic carbocycles. The highest BCUT2D eigenvalue weighted by Gasteiger charge is 2.06. The van der Waals surface area contributed by atoms with E-state index in [1.54, 1.807) is 24.4 Å². The van der Waals surface area contributed by atoms with Crippen molar-refractivity contribution in [3.63, 3.8) is 0 Å². The molecule has 1 aromatic heterocycles. The number of benzene rings is 1. The molecule has 1 heterocycles. The average Bonchev–Trinajstić information content (AvgIpc) is 2.16. The van der Waals surface area contributed by atoms with Crippen LogP contribution in [0.1, 0.15) is 5.69 Å². The van der Waals surface area contributed by atoms with Crippen molar-refractivity contribution in [3.05, 3.63) is 36.2 Å². The minimum absolute atomic E-state index is 0.109. The molecule has 0 saturated heterocycles. The predicted molar refractivity (Wildman–Crippen MR) is 54.7 cm³/mol. The molecule has 0 aliphatic heterocycles. The standard InChI is InChI=1S/C11H9NO3/c13-8-1-2-9-7(5-8)3-4-12-10(9)6-11(14)15/h1-5,13H,6H2,(H,14,15). The molecule has 0 amide bonds. The van der Waals surface area contributed by atoms with Gasteiger partial charge in [-0.15, -0.1) is 0 Å². The molecule has 0 unspecified atom stereocenters. The molecule has 0 saturated carbocycles. The van der Waals surface area contributed by atoms with E-state index in [1.165, 1.54) is 6.07 Å². The van der Waals surface area contributed by atoms with Crippen LogP contribution >= 0.6 is 0 Å². The highest BCUT2D eigenvalue weighted by atomic mass is 16.4. The summed E-state index contributed by atoms with van der Waals surface area (Å²) in [6, 6.07) is 6.52. The van der Waals surface area contributed by atoms with Gasteiger partial charge in [0.15, 0.2) is 0 Å². The molecule has 4 heteroatoms. The fourth-order valence-corrected chi connectivity index (χ4v) is 1.51. The van der Waals surface area contributed by atoms with Crippen LogP contribution < -0.4 is 0 Å². The number of fused-ring (bicyclic) bond motifs is 1. The Morgan fingerprint density at radius 2 is 2.13 bits per heavy atom. The number of nitrogens with zero attached hydrogens (tertiary/aromatic N) is 1. The van der Waals surface area contributed by atoms with Crippen LogP contribution in [-0.2, 0) is 11.2 Å². The second-order valence-electron chi connectivity index (χ2n) is 3.23. The highest BCUT2D eigenvalue weighted by Crippen LogP contribution is 2.21. The number of carboxylic acids is 1. The first-order valence-corrected chi connectivity index (χ1v) is 4.45. The Kier molecular flexibility index (Phi) is 2.25. The van der Waals surface area contributed by atoms with Crippen LogP contribution in [0, 0.1) is 0 Å². The molecule has 0 aliphatic rings. The van der Waals surface area contributed by atoms with Crippen LogP contribution in [0.25, 0.3) is 10.8 Å². The van der Waals surface area contributed by atoms with Crippen LogP contribution in [0.2, 0.25) is 0 Å². The lowest BCUT2D eigenvalue weighted by Crippen LogP contribution is -2.02. The summed E-state index contributed by atoms with van der Waals surface area (Å²) in [4.78, 5) is 14.6. The molecule has 2 N–H and O–H groups in total. The van der Waals surface area contributed by atoms with E-state index < -0.39 is 5.97 Å². The summed E-state index contributed by atoms with van der Waals surface area (Å²) in [6.45, 7) is 0. The maximum atomic E-state index is 10.6. The van der Waals surface area contributed by atoms with Gasteiger partial charge < -0.3 is 10.2 Å². The number of phenols is 1. The summed E-state index contributed by atoms with van der Waals surface area (Å²) in [5, 5.41) is 19.5. The van der Waals surface area contributed by atoms with E-state index in [1.807, 2.05) is 0 Å². The number of pyridine rings is 1. The predicted octanol–water partition coefficient (Wildman–Crippen LogP) is 1.57. The smallest absolute Gasteiger partial charge is 0.309 e. The monoisotopic (exact) mass is 203 g/mol. The summed E-state index contributed by atoms with van der Waals surface area (Å²) in [7, 11) is 0. The quantitative estimate of drug-likeness (QED) is 0.777. The van der Waals surface area contributed by atoms with Crippen LogP contribution in [-0.4, -0.2) is 21.2 Å². The third-order valence-electron chi connectivity index (χ3n) is 2.15. The topological polar surface area (TPSA) is 70.4 Å². The Hall–Kier alpha value is -2.10. The Morgan fingerprint density at radius 1 is 1.33 bits per heavy atom. The van der Waals surface area contributed by atoms with Gasteiger partial charge in [0.2, 0.25) is 0 Å². The van der Waals surface area contributed by atoms with Gasteiger partial charge in [0, 0.05) is 11.6 Å². The molecule has 0 fully saturated rings. The molecule has 0 bridgehead atoms. The van der Waals surface area contributed by atoms with E-state index in [0.29, 0.717) is 5.69 Å². The van der Waals surface area contributed by atoms with Gasteiger partial charge in [0.25, 0.3) is 0 Å². The zero-order chi connectivity index (χ0) is 10.8. The third kappa shape index (κ3) is 1.88. The van der Waals surface area contributed by atoms with Crippen molar-refractivity contribution in [2.45, 2.75) is 6.42 Å². The van der Waals surface area contributed by atoms with Crippen LogP contribution in [0.3, 0.4) is 0 Å². The fourth-order valence-electron chi connectivity index (χ4n) is 1.51. The van der Waals surface area contributed by atoms with Crippen molar-refractivity contribution in [2.75, 3.05) is 0 Å². The van der Waals surface area contributed by atoms with E-state index in [9.17, 15) is 9.90 Å². The first kappa shape index (κ1) is 9.45. The molecular formula is C11H9NO3. The number of hydrogen-bond acceptors (Lipinski definition) is 3. The number of carbonyl (C=O) groups is 1. The molecular weight excluding hydrogens is 194 g/mol. The normalized spacial score (nSPS) is 10.4. The maximum absolute atomic E-state index is 10.6. The van der Waals surface area contributed by atoms with Crippen molar-refractivity contribution in [3.8, 4) is 5.75 Å². The Bertz CT molecular complexity index is 522. The van der Waals surface area contributed by atoms with Gasteiger partial charge in [-0.1, -0.05) is 0 Å². The summed E-state index contributed by atoms with van der Waals surface area (Å²) < 4.78 is 0. The molecule has 0 radical (unpaired) electrons. The minimum Gasteiger partial charge on any atom is -0.508 e. The summed E-state index contributed by atoms with van der Waals surface area (Å²) in [5.74, 6) is -0.752. The van der Waals surface area contributed by atoms with Gasteiger partial charge in [-0.25, -0.2) is 0 Å². The lowest BCUT2D eigenvalue weighted by atomic mass is 10.1. The van der Waals surface area contributed by atoms with E-state index in [4.69, 9.17) is 5.11 Å². The maximum Gasteiger partial charge on any atom is 0.309 e. The van der Waals surface area contributed by atoms with Crippen molar-refractivity contribution in [1.82, 2.24) is 4.98 Å². The average molecular weight is 203 g/mol. The second kappa shape index (κ2) is 3.57. The number of carboxylic acid groups (broad SMARTS) is 1. The lowest BCUT2D eigenvalue weighted by molar-refractivity contribution is -0.136. The van der Waals surface area contributed by atoms with Gasteiger partial charge in [-0.2, -0.15) is 0 Å². The van der Waals surface area contributed by atoms with Crippen molar-refractivity contribution in [1.29, 1.82) is 0 Å². The largest absolute Gasteiger partial charge is 0.508 e. The van der Waals surface area contributed by atoms with E-state index >= 15 is 0 Å². The summed E-state index contributed by atoms with van der Waals surface area (Å²) in [6.07, 6.45) is 1.43. The van der Waals surface area contributed by atoms with E-state index in [-0.39, 0.29) is 12.2 Å². The first-order valence-electron chi connectivity index (χ1n) is 4.45. The summed E-state index contributed by atoms with van der Waals surface area (Å²) >= 11 is 0. The van der Waals surface area contributed by atoms with Gasteiger partial charge in [0.1, 0.15) is 5.75 Å². The van der Waals surface area contributed by atoms with Crippen molar-refractivity contribution in [2.24, 2.45) is 0 Å². The molecule has 4 nitrogen and oxygen atoms in total. The number of aromatic hydroxyl groups is 1. The Morgan fingerprint density at radius 3 is 2.87 bits per heavy atom. The van der Waals surface area contributed by atoms with Crippen LogP contribution in [0.4, 0.5) is 0 Å². The molecule has 0 atom stereocenters. The lowest BCUT2D eigenvalue weighted by Gasteiger charge is -2.03. The zero-order valence-corrected chi connectivity index (χ0v) is 7.84. The first-order chi connectivity index (χ1) is 7.16. The Balaban J connectivity index is 2.60. The van der Waals surface area contributed by atoms with Gasteiger partial charge in [-0.05, 0) is 29.7 Å². The van der Waals surface area contributed by atoms with E-state index in [0.717, 1.165) is 10.8 Å². The van der Waals surface area contributed by atoms with Crippen LogP contribution in [0.5, 0.6) is 5.75 Å².